The van der Waals surface area contributed by atoms with Crippen LogP contribution in [0.4, 0.5) is 0 Å². The van der Waals surface area contributed by atoms with Crippen LogP contribution in [0, 0.1) is 0 Å². The molecule has 1 aromatic carbocycles. The Morgan fingerprint density at radius 1 is 1.05 bits per heavy atom. The lowest BCUT2D eigenvalue weighted by Gasteiger charge is -2.11. The molecule has 1 aromatic rings. The highest BCUT2D eigenvalue weighted by molar-refractivity contribution is 5.79. The standard InChI is InChI=1S/C13H18O2.C4H10N2/c1-2-3-4-7-10-15-13-9-6-5-8-12(13)11-14;1-2-6-4-3-5-1/h5-6,8-9,11H,2-4,7,10H2,1H3;5-6H,1-4H2. The molecule has 4 heteroatoms. The van der Waals surface area contributed by atoms with E-state index < -0.39 is 0 Å². The summed E-state index contributed by atoms with van der Waals surface area (Å²) in [6.07, 6.45) is 5.56. The van der Waals surface area contributed by atoms with E-state index in [4.69, 9.17) is 4.74 Å². The Labute approximate surface area is 128 Å². The minimum absolute atomic E-state index is 0.632. The van der Waals surface area contributed by atoms with Crippen molar-refractivity contribution in [1.82, 2.24) is 10.6 Å². The number of hydrogen-bond donors (Lipinski definition) is 2. The monoisotopic (exact) mass is 292 g/mol. The third kappa shape index (κ3) is 8.48. The van der Waals surface area contributed by atoms with E-state index in [1.165, 1.54) is 19.3 Å². The molecule has 1 aliphatic rings. The number of hydrogen-bond acceptors (Lipinski definition) is 4. The van der Waals surface area contributed by atoms with Gasteiger partial charge in [-0.2, -0.15) is 0 Å². The molecule has 0 saturated carbocycles. The van der Waals surface area contributed by atoms with Crippen LogP contribution < -0.4 is 15.4 Å². The zero-order valence-electron chi connectivity index (χ0n) is 13.1. The summed E-state index contributed by atoms with van der Waals surface area (Å²) < 4.78 is 5.54. The van der Waals surface area contributed by atoms with Crippen LogP contribution in [0.5, 0.6) is 5.75 Å². The van der Waals surface area contributed by atoms with Gasteiger partial charge in [0.05, 0.1) is 12.2 Å². The first-order valence-corrected chi connectivity index (χ1v) is 7.97. The molecule has 0 spiro atoms. The van der Waals surface area contributed by atoms with Crippen molar-refractivity contribution >= 4 is 6.29 Å². The van der Waals surface area contributed by atoms with Crippen LogP contribution in [0.2, 0.25) is 0 Å². The number of carbonyl (C=O) groups excluding carboxylic acids is 1. The lowest BCUT2D eigenvalue weighted by Crippen LogP contribution is -2.39. The van der Waals surface area contributed by atoms with E-state index in [0.29, 0.717) is 17.9 Å². The summed E-state index contributed by atoms with van der Waals surface area (Å²) in [5.74, 6) is 0.698. The molecule has 0 amide bonds. The van der Waals surface area contributed by atoms with Crippen molar-refractivity contribution < 1.29 is 9.53 Å². The van der Waals surface area contributed by atoms with E-state index in [2.05, 4.69) is 17.6 Å². The molecule has 1 heterocycles. The second-order valence-corrected chi connectivity index (χ2v) is 5.06. The van der Waals surface area contributed by atoms with Gasteiger partial charge in [-0.1, -0.05) is 38.3 Å². The van der Waals surface area contributed by atoms with Crippen LogP contribution in [0.25, 0.3) is 0 Å². The highest BCUT2D eigenvalue weighted by Gasteiger charge is 2.00. The molecule has 21 heavy (non-hydrogen) atoms. The molecule has 2 rings (SSSR count). The number of aldehydes is 1. The summed E-state index contributed by atoms with van der Waals surface area (Å²) in [5.41, 5.74) is 0.632. The minimum Gasteiger partial charge on any atom is -0.493 e. The van der Waals surface area contributed by atoms with E-state index in [1.807, 2.05) is 18.2 Å². The zero-order chi connectivity index (χ0) is 15.2. The summed E-state index contributed by atoms with van der Waals surface area (Å²) in [6, 6.07) is 7.33. The number of carbonyl (C=O) groups is 1. The maximum atomic E-state index is 10.7. The Morgan fingerprint density at radius 3 is 2.29 bits per heavy atom. The van der Waals surface area contributed by atoms with Crippen molar-refractivity contribution in [2.75, 3.05) is 32.8 Å². The number of para-hydroxylation sites is 1. The number of piperazine rings is 1. The smallest absolute Gasteiger partial charge is 0.153 e. The Kier molecular flexibility index (Phi) is 10.4. The molecule has 1 saturated heterocycles. The normalized spacial score (nSPS) is 14.0. The fourth-order valence-electron chi connectivity index (χ4n) is 2.02. The van der Waals surface area contributed by atoms with Crippen LogP contribution in [0.15, 0.2) is 24.3 Å². The molecule has 0 radical (unpaired) electrons. The van der Waals surface area contributed by atoms with Crippen molar-refractivity contribution in [3.05, 3.63) is 29.8 Å². The first kappa shape index (κ1) is 17.7. The van der Waals surface area contributed by atoms with Crippen LogP contribution in [0.3, 0.4) is 0 Å². The van der Waals surface area contributed by atoms with Crippen molar-refractivity contribution in [2.24, 2.45) is 0 Å². The van der Waals surface area contributed by atoms with Gasteiger partial charge in [0, 0.05) is 26.2 Å². The van der Waals surface area contributed by atoms with E-state index >= 15 is 0 Å². The predicted molar refractivity (Wildman–Crippen MR) is 87.2 cm³/mol. The summed E-state index contributed by atoms with van der Waals surface area (Å²) in [5, 5.41) is 6.44. The van der Waals surface area contributed by atoms with Crippen LogP contribution in [0.1, 0.15) is 43.0 Å². The van der Waals surface area contributed by atoms with Gasteiger partial charge in [0.1, 0.15) is 5.75 Å². The van der Waals surface area contributed by atoms with E-state index in [0.717, 1.165) is 38.9 Å². The van der Waals surface area contributed by atoms with E-state index in [-0.39, 0.29) is 0 Å². The molecule has 1 fully saturated rings. The molecule has 118 valence electrons. The van der Waals surface area contributed by atoms with E-state index in [9.17, 15) is 4.79 Å². The van der Waals surface area contributed by atoms with Crippen LogP contribution >= 0.6 is 0 Å². The van der Waals surface area contributed by atoms with Crippen molar-refractivity contribution in [2.45, 2.75) is 32.6 Å². The summed E-state index contributed by atoms with van der Waals surface area (Å²) in [7, 11) is 0. The number of benzene rings is 1. The Balaban J connectivity index is 0.000000304. The first-order valence-electron chi connectivity index (χ1n) is 7.97. The maximum absolute atomic E-state index is 10.7. The molecular formula is C17H28N2O2. The highest BCUT2D eigenvalue weighted by atomic mass is 16.5. The molecule has 2 N–H and O–H groups in total. The molecule has 0 atom stereocenters. The van der Waals surface area contributed by atoms with Gasteiger partial charge < -0.3 is 15.4 Å². The van der Waals surface area contributed by atoms with Gasteiger partial charge >= 0.3 is 0 Å². The van der Waals surface area contributed by atoms with Gasteiger partial charge in [-0.15, -0.1) is 0 Å². The summed E-state index contributed by atoms with van der Waals surface area (Å²) in [6.45, 7) is 7.44. The van der Waals surface area contributed by atoms with Gasteiger partial charge in [0.25, 0.3) is 0 Å². The number of ether oxygens (including phenoxy) is 1. The number of unbranched alkanes of at least 4 members (excludes halogenated alkanes) is 3. The van der Waals surface area contributed by atoms with Crippen molar-refractivity contribution in [1.29, 1.82) is 0 Å². The zero-order valence-corrected chi connectivity index (χ0v) is 13.1. The van der Waals surface area contributed by atoms with Crippen LogP contribution in [-0.4, -0.2) is 39.1 Å². The topological polar surface area (TPSA) is 50.4 Å². The third-order valence-electron chi connectivity index (χ3n) is 3.26. The van der Waals surface area contributed by atoms with Crippen molar-refractivity contribution in [3.8, 4) is 5.75 Å². The minimum atomic E-state index is 0.632. The van der Waals surface area contributed by atoms with Crippen LogP contribution in [-0.2, 0) is 0 Å². The van der Waals surface area contributed by atoms with Gasteiger partial charge in [0.2, 0.25) is 0 Å². The Morgan fingerprint density at radius 2 is 1.71 bits per heavy atom. The second-order valence-electron chi connectivity index (χ2n) is 5.06. The Bertz CT molecular complexity index is 367. The lowest BCUT2D eigenvalue weighted by molar-refractivity contribution is 0.111. The molecular weight excluding hydrogens is 264 g/mol. The molecule has 0 bridgehead atoms. The number of rotatable bonds is 7. The molecule has 4 nitrogen and oxygen atoms in total. The summed E-state index contributed by atoms with van der Waals surface area (Å²) in [4.78, 5) is 10.7. The second kappa shape index (κ2) is 12.4. The largest absolute Gasteiger partial charge is 0.493 e. The summed E-state index contributed by atoms with van der Waals surface area (Å²) >= 11 is 0. The van der Waals surface area contributed by atoms with Gasteiger partial charge in [0.15, 0.2) is 6.29 Å². The van der Waals surface area contributed by atoms with Gasteiger partial charge in [-0.3, -0.25) is 4.79 Å². The average Bonchev–Trinajstić information content (AvgIpc) is 2.57. The van der Waals surface area contributed by atoms with Gasteiger partial charge in [-0.05, 0) is 18.6 Å². The molecule has 0 aromatic heterocycles. The lowest BCUT2D eigenvalue weighted by atomic mass is 10.2. The Hall–Kier alpha value is -1.39. The van der Waals surface area contributed by atoms with Gasteiger partial charge in [-0.25, -0.2) is 0 Å². The molecule has 0 aliphatic carbocycles. The number of nitrogens with one attached hydrogen (secondary N) is 2. The quantitative estimate of drug-likeness (QED) is 0.599. The first-order chi connectivity index (χ1) is 10.4. The fraction of sp³-hybridized carbons (Fsp3) is 0.588. The SMILES string of the molecule is C1CNCCN1.CCCCCCOc1ccccc1C=O. The fourth-order valence-corrected chi connectivity index (χ4v) is 2.02. The van der Waals surface area contributed by atoms with E-state index in [1.54, 1.807) is 6.07 Å². The maximum Gasteiger partial charge on any atom is 0.153 e. The third-order valence-corrected chi connectivity index (χ3v) is 3.26. The average molecular weight is 292 g/mol. The molecule has 0 unspecified atom stereocenters. The highest BCUT2D eigenvalue weighted by Crippen LogP contribution is 2.16. The predicted octanol–water partition coefficient (Wildman–Crippen LogP) is 2.64. The van der Waals surface area contributed by atoms with Crippen molar-refractivity contribution in [3.63, 3.8) is 0 Å². The molecule has 1 aliphatic heterocycles.